The van der Waals surface area contributed by atoms with Crippen LogP contribution in [-0.4, -0.2) is 4.57 Å². The molecule has 1 aromatic rings. The van der Waals surface area contributed by atoms with E-state index in [-0.39, 0.29) is 6.04 Å². The van der Waals surface area contributed by atoms with Crippen LogP contribution >= 0.6 is 0 Å². The van der Waals surface area contributed by atoms with Crippen molar-refractivity contribution in [2.75, 3.05) is 0 Å². The van der Waals surface area contributed by atoms with Crippen molar-refractivity contribution in [3.63, 3.8) is 0 Å². The third-order valence-electron chi connectivity index (χ3n) is 6.18. The Labute approximate surface area is 116 Å². The number of hydrogen-bond acceptors (Lipinski definition) is 1. The van der Waals surface area contributed by atoms with Crippen LogP contribution in [0.1, 0.15) is 56.7 Å². The summed E-state index contributed by atoms with van der Waals surface area (Å²) in [6, 6.07) is 4.55. The molecule has 4 aliphatic rings. The summed E-state index contributed by atoms with van der Waals surface area (Å²) in [5.41, 5.74) is 8.45. The molecule has 1 unspecified atom stereocenters. The summed E-state index contributed by atoms with van der Waals surface area (Å²) in [7, 11) is 2.12. The van der Waals surface area contributed by atoms with E-state index in [2.05, 4.69) is 29.9 Å². The van der Waals surface area contributed by atoms with Gasteiger partial charge in [0, 0.05) is 25.0 Å². The molecule has 0 spiro atoms. The third-order valence-corrected chi connectivity index (χ3v) is 6.18. The maximum absolute atomic E-state index is 6.54. The monoisotopic (exact) mass is 258 g/mol. The first-order valence-electron chi connectivity index (χ1n) is 8.00. The quantitative estimate of drug-likeness (QED) is 0.882. The molecule has 1 aromatic heterocycles. The zero-order valence-electron chi connectivity index (χ0n) is 12.0. The molecule has 0 radical (unpaired) electrons. The van der Waals surface area contributed by atoms with E-state index < -0.39 is 0 Å². The Morgan fingerprint density at radius 2 is 1.79 bits per heavy atom. The van der Waals surface area contributed by atoms with Crippen LogP contribution in [0.3, 0.4) is 0 Å². The smallest absolute Gasteiger partial charge is 0.0455 e. The Kier molecular flexibility index (Phi) is 2.60. The predicted molar refractivity (Wildman–Crippen MR) is 77.6 cm³/mol. The van der Waals surface area contributed by atoms with Crippen LogP contribution in [0.2, 0.25) is 0 Å². The van der Waals surface area contributed by atoms with Gasteiger partial charge in [-0.3, -0.25) is 0 Å². The largest absolute Gasteiger partial charge is 0.353 e. The summed E-state index contributed by atoms with van der Waals surface area (Å²) in [5.74, 6) is 3.10. The molecule has 2 N–H and O–H groups in total. The minimum atomic E-state index is 0.233. The van der Waals surface area contributed by atoms with Crippen LogP contribution in [0.15, 0.2) is 18.3 Å². The predicted octanol–water partition coefficient (Wildman–Crippen LogP) is 3.63. The van der Waals surface area contributed by atoms with Crippen molar-refractivity contribution in [1.29, 1.82) is 0 Å². The molecule has 4 saturated carbocycles. The second-order valence-electron chi connectivity index (χ2n) is 7.77. The van der Waals surface area contributed by atoms with E-state index in [4.69, 9.17) is 5.73 Å². The minimum Gasteiger partial charge on any atom is -0.353 e. The highest BCUT2D eigenvalue weighted by Gasteiger charge is 2.51. The molecule has 4 bridgehead atoms. The van der Waals surface area contributed by atoms with Crippen molar-refractivity contribution in [2.24, 2.45) is 36.0 Å². The van der Waals surface area contributed by atoms with Gasteiger partial charge in [0.25, 0.3) is 0 Å². The molecule has 5 rings (SSSR count). The van der Waals surface area contributed by atoms with Gasteiger partial charge in [0.1, 0.15) is 0 Å². The van der Waals surface area contributed by atoms with Gasteiger partial charge < -0.3 is 10.3 Å². The maximum atomic E-state index is 6.54. The van der Waals surface area contributed by atoms with E-state index in [1.165, 1.54) is 50.6 Å². The Balaban J connectivity index is 1.55. The summed E-state index contributed by atoms with van der Waals surface area (Å²) in [4.78, 5) is 0. The third kappa shape index (κ3) is 1.96. The standard InChI is InChI=1S/C17H26N2/c1-19-4-2-3-16(19)15(18)11-17-8-12-5-13(9-17)7-14(6-12)10-17/h2-4,12-15H,5-11,18H2,1H3. The molecule has 0 aliphatic heterocycles. The van der Waals surface area contributed by atoms with Gasteiger partial charge in [-0.25, -0.2) is 0 Å². The number of aryl methyl sites for hydroxylation is 1. The van der Waals surface area contributed by atoms with Gasteiger partial charge in [-0.1, -0.05) is 0 Å². The topological polar surface area (TPSA) is 30.9 Å². The fourth-order valence-electron chi connectivity index (χ4n) is 5.97. The molecule has 19 heavy (non-hydrogen) atoms. The van der Waals surface area contributed by atoms with Gasteiger partial charge in [0.15, 0.2) is 0 Å². The molecule has 4 aliphatic carbocycles. The molecule has 0 aromatic carbocycles. The van der Waals surface area contributed by atoms with Gasteiger partial charge in [0.2, 0.25) is 0 Å². The number of rotatable bonds is 3. The van der Waals surface area contributed by atoms with Crippen LogP contribution in [0.5, 0.6) is 0 Å². The van der Waals surface area contributed by atoms with Gasteiger partial charge in [-0.05, 0) is 80.2 Å². The van der Waals surface area contributed by atoms with Crippen LogP contribution in [0.4, 0.5) is 0 Å². The van der Waals surface area contributed by atoms with Crippen LogP contribution in [0.25, 0.3) is 0 Å². The first-order valence-corrected chi connectivity index (χ1v) is 8.00. The molecule has 2 nitrogen and oxygen atoms in total. The van der Waals surface area contributed by atoms with Crippen LogP contribution < -0.4 is 5.73 Å². The Morgan fingerprint density at radius 3 is 2.26 bits per heavy atom. The average molecular weight is 258 g/mol. The van der Waals surface area contributed by atoms with E-state index in [1.54, 1.807) is 0 Å². The normalized spacial score (nSPS) is 41.7. The summed E-state index contributed by atoms with van der Waals surface area (Å²) < 4.78 is 2.20. The lowest BCUT2D eigenvalue weighted by Crippen LogP contribution is -2.47. The van der Waals surface area contributed by atoms with E-state index in [0.29, 0.717) is 5.41 Å². The van der Waals surface area contributed by atoms with Gasteiger partial charge >= 0.3 is 0 Å². The molecule has 2 heteroatoms. The number of nitrogens with zero attached hydrogens (tertiary/aromatic N) is 1. The fourth-order valence-corrected chi connectivity index (χ4v) is 5.97. The summed E-state index contributed by atoms with van der Waals surface area (Å²) in [5, 5.41) is 0. The Bertz CT molecular complexity index is 438. The van der Waals surface area contributed by atoms with Crippen molar-refractivity contribution >= 4 is 0 Å². The first kappa shape index (κ1) is 12.0. The molecule has 0 saturated heterocycles. The number of nitrogens with two attached hydrogens (primary N) is 1. The zero-order valence-corrected chi connectivity index (χ0v) is 12.0. The van der Waals surface area contributed by atoms with Gasteiger partial charge in [-0.15, -0.1) is 0 Å². The average Bonchev–Trinajstić information content (AvgIpc) is 2.72. The Hall–Kier alpha value is -0.760. The van der Waals surface area contributed by atoms with Crippen molar-refractivity contribution in [3.05, 3.63) is 24.0 Å². The highest BCUT2D eigenvalue weighted by molar-refractivity contribution is 5.13. The summed E-state index contributed by atoms with van der Waals surface area (Å²) in [6.45, 7) is 0. The van der Waals surface area contributed by atoms with Crippen LogP contribution in [-0.2, 0) is 7.05 Å². The molecule has 4 fully saturated rings. The van der Waals surface area contributed by atoms with Crippen molar-refractivity contribution in [1.82, 2.24) is 4.57 Å². The Morgan fingerprint density at radius 1 is 1.21 bits per heavy atom. The zero-order chi connectivity index (χ0) is 13.0. The molecule has 1 heterocycles. The molecule has 104 valence electrons. The minimum absolute atomic E-state index is 0.233. The van der Waals surface area contributed by atoms with E-state index >= 15 is 0 Å². The van der Waals surface area contributed by atoms with E-state index in [9.17, 15) is 0 Å². The van der Waals surface area contributed by atoms with Crippen molar-refractivity contribution in [3.8, 4) is 0 Å². The lowest BCUT2D eigenvalue weighted by atomic mass is 9.48. The molecular weight excluding hydrogens is 232 g/mol. The molecule has 1 atom stereocenters. The molecule has 0 amide bonds. The van der Waals surface area contributed by atoms with E-state index in [1.807, 2.05) is 0 Å². The second-order valence-corrected chi connectivity index (χ2v) is 7.77. The van der Waals surface area contributed by atoms with Gasteiger partial charge in [0.05, 0.1) is 0 Å². The fraction of sp³-hybridized carbons (Fsp3) is 0.765. The van der Waals surface area contributed by atoms with Crippen molar-refractivity contribution < 1.29 is 0 Å². The number of aromatic nitrogens is 1. The maximum Gasteiger partial charge on any atom is 0.0455 e. The highest BCUT2D eigenvalue weighted by Crippen LogP contribution is 2.62. The van der Waals surface area contributed by atoms with Gasteiger partial charge in [-0.2, -0.15) is 0 Å². The van der Waals surface area contributed by atoms with Crippen LogP contribution in [0, 0.1) is 23.2 Å². The lowest BCUT2D eigenvalue weighted by Gasteiger charge is -2.57. The van der Waals surface area contributed by atoms with E-state index in [0.717, 1.165) is 17.8 Å². The molecular formula is C17H26N2. The number of hydrogen-bond donors (Lipinski definition) is 1. The first-order chi connectivity index (χ1) is 9.13. The highest BCUT2D eigenvalue weighted by atomic mass is 15.0. The summed E-state index contributed by atoms with van der Waals surface area (Å²) >= 11 is 0. The van der Waals surface area contributed by atoms with Crippen molar-refractivity contribution in [2.45, 2.75) is 51.0 Å². The second kappa shape index (κ2) is 4.12. The SMILES string of the molecule is Cn1cccc1C(N)CC12CC3CC(CC(C3)C1)C2. The lowest BCUT2D eigenvalue weighted by molar-refractivity contribution is -0.0607. The summed E-state index contributed by atoms with van der Waals surface area (Å²) in [6.07, 6.45) is 12.3.